The van der Waals surface area contributed by atoms with Crippen LogP contribution < -0.4 is 5.32 Å². The van der Waals surface area contributed by atoms with Gasteiger partial charge in [-0.3, -0.25) is 24.0 Å². The number of amides is 1. The molecule has 7 rings (SSSR count). The van der Waals surface area contributed by atoms with Crippen LogP contribution in [0.4, 0.5) is 0 Å². The molecule has 1 fully saturated rings. The van der Waals surface area contributed by atoms with E-state index in [1.54, 1.807) is 33.8 Å². The first-order valence-corrected chi connectivity index (χ1v) is 15.4. The van der Waals surface area contributed by atoms with Crippen molar-refractivity contribution in [1.82, 2.24) is 5.32 Å². The highest BCUT2D eigenvalue weighted by Gasteiger charge is 2.47. The molecule has 1 aromatic carbocycles. The first-order chi connectivity index (χ1) is 21.9. The van der Waals surface area contributed by atoms with Gasteiger partial charge in [-0.25, -0.2) is 0 Å². The van der Waals surface area contributed by atoms with Gasteiger partial charge in [-0.15, -0.1) is 0 Å². The van der Waals surface area contributed by atoms with Crippen LogP contribution in [0.2, 0.25) is 0 Å². The number of allylic oxidation sites excluding steroid dienone is 5. The SMILES string of the molecule is C/C1=C/C=C\[C@H](C)[C@H](O)[C@@H](C)[C@H](O)[C@H](C)C2OC(=O)C(/C=C(/C)C(=O)c3c(O)c(C)c(O)c4c3C(=O)C=C(NC1=O)C4=O)C(O)C2C. The Balaban J connectivity index is 1.88. The molecule has 5 heterocycles. The Labute approximate surface area is 272 Å². The van der Waals surface area contributed by atoms with Crippen LogP contribution in [0.1, 0.15) is 78.2 Å². The molecule has 0 aromatic heterocycles. The second kappa shape index (κ2) is 13.4. The minimum Gasteiger partial charge on any atom is -0.507 e. The van der Waals surface area contributed by atoms with Gasteiger partial charge in [0.15, 0.2) is 11.6 Å². The summed E-state index contributed by atoms with van der Waals surface area (Å²) in [5.74, 6) is -9.98. The fourth-order valence-corrected chi connectivity index (χ4v) is 6.45. The minimum atomic E-state index is -1.36. The first-order valence-electron chi connectivity index (χ1n) is 15.4. The maximum atomic E-state index is 13.8. The molecule has 12 nitrogen and oxygen atoms in total. The van der Waals surface area contributed by atoms with Crippen LogP contribution in [0.5, 0.6) is 11.5 Å². The molecule has 6 bridgehead atoms. The number of rotatable bonds is 0. The molecular formula is C35H41NO11. The Morgan fingerprint density at radius 1 is 0.723 bits per heavy atom. The number of ketones is 3. The Hall–Kier alpha value is -4.39. The van der Waals surface area contributed by atoms with Crippen molar-refractivity contribution in [3.05, 3.63) is 69.5 Å². The van der Waals surface area contributed by atoms with Gasteiger partial charge in [0.1, 0.15) is 23.5 Å². The van der Waals surface area contributed by atoms with Gasteiger partial charge in [0.2, 0.25) is 5.78 Å². The molecule has 9 atom stereocenters. The molecule has 252 valence electrons. The fraction of sp³-hybridized carbons (Fsp3) is 0.457. The van der Waals surface area contributed by atoms with Crippen molar-refractivity contribution >= 4 is 29.2 Å². The van der Waals surface area contributed by atoms with Gasteiger partial charge in [0, 0.05) is 40.9 Å². The number of nitrogens with one attached hydrogen (secondary N) is 1. The Morgan fingerprint density at radius 2 is 1.30 bits per heavy atom. The maximum absolute atomic E-state index is 13.8. The lowest BCUT2D eigenvalue weighted by Gasteiger charge is -2.42. The number of hydrogen-bond donors (Lipinski definition) is 6. The minimum absolute atomic E-state index is 0.128. The smallest absolute Gasteiger partial charge is 0.315 e. The maximum Gasteiger partial charge on any atom is 0.315 e. The Morgan fingerprint density at radius 3 is 1.91 bits per heavy atom. The van der Waals surface area contributed by atoms with Crippen LogP contribution >= 0.6 is 0 Å². The molecule has 1 aliphatic carbocycles. The summed E-state index contributed by atoms with van der Waals surface area (Å²) >= 11 is 0. The van der Waals surface area contributed by atoms with Crippen molar-refractivity contribution in [3.8, 4) is 11.5 Å². The summed E-state index contributed by atoms with van der Waals surface area (Å²) in [6.07, 6.45) is 2.00. The van der Waals surface area contributed by atoms with E-state index in [0.717, 1.165) is 12.2 Å². The topological polar surface area (TPSA) is 208 Å². The fourth-order valence-electron chi connectivity index (χ4n) is 6.45. The van der Waals surface area contributed by atoms with Crippen LogP contribution in [0.3, 0.4) is 0 Å². The lowest BCUT2D eigenvalue weighted by Crippen LogP contribution is -2.53. The lowest BCUT2D eigenvalue weighted by atomic mass is 9.75. The molecule has 0 radical (unpaired) electrons. The number of esters is 1. The van der Waals surface area contributed by atoms with Gasteiger partial charge in [-0.1, -0.05) is 52.0 Å². The van der Waals surface area contributed by atoms with E-state index in [0.29, 0.717) is 0 Å². The highest BCUT2D eigenvalue weighted by Crippen LogP contribution is 2.42. The predicted molar refractivity (Wildman–Crippen MR) is 168 cm³/mol. The van der Waals surface area contributed by atoms with Crippen LogP contribution in [0.25, 0.3) is 0 Å². The van der Waals surface area contributed by atoms with Crippen molar-refractivity contribution in [2.75, 3.05) is 0 Å². The van der Waals surface area contributed by atoms with Crippen molar-refractivity contribution in [3.63, 3.8) is 0 Å². The van der Waals surface area contributed by atoms with Crippen molar-refractivity contribution in [2.45, 2.75) is 72.9 Å². The van der Waals surface area contributed by atoms with Gasteiger partial charge in [-0.05, 0) is 26.3 Å². The van der Waals surface area contributed by atoms with E-state index in [1.165, 1.54) is 32.9 Å². The van der Waals surface area contributed by atoms with E-state index in [2.05, 4.69) is 5.32 Å². The van der Waals surface area contributed by atoms with Gasteiger partial charge in [0.05, 0.1) is 40.7 Å². The number of carbonyl (C=O) groups excluding carboxylic acids is 5. The van der Waals surface area contributed by atoms with Gasteiger partial charge >= 0.3 is 5.97 Å². The number of aliphatic hydroxyl groups is 3. The molecule has 1 aromatic rings. The summed E-state index contributed by atoms with van der Waals surface area (Å²) in [7, 11) is 0. The zero-order valence-corrected chi connectivity index (χ0v) is 27.3. The first kappa shape index (κ1) is 35.5. The van der Waals surface area contributed by atoms with Crippen LogP contribution in [-0.2, 0) is 14.3 Å². The number of phenolic OH excluding ortho intramolecular Hbond substituents is 2. The Bertz CT molecular complexity index is 1670. The van der Waals surface area contributed by atoms with Crippen molar-refractivity contribution in [2.24, 2.45) is 29.6 Å². The predicted octanol–water partition coefficient (Wildman–Crippen LogP) is 2.60. The number of carbonyl (C=O) groups is 5. The second-order valence-electron chi connectivity index (χ2n) is 12.9. The van der Waals surface area contributed by atoms with Crippen LogP contribution in [0, 0.1) is 36.5 Å². The third-order valence-corrected chi connectivity index (χ3v) is 9.68. The quantitative estimate of drug-likeness (QED) is 0.225. The van der Waals surface area contributed by atoms with Crippen LogP contribution in [-0.4, -0.2) is 79.2 Å². The van der Waals surface area contributed by atoms with Crippen molar-refractivity contribution < 1.29 is 54.2 Å². The van der Waals surface area contributed by atoms with Gasteiger partial charge < -0.3 is 35.6 Å². The van der Waals surface area contributed by atoms with Crippen molar-refractivity contribution in [1.29, 1.82) is 0 Å². The number of phenols is 2. The lowest BCUT2D eigenvalue weighted by molar-refractivity contribution is -0.186. The highest BCUT2D eigenvalue weighted by molar-refractivity contribution is 6.31. The van der Waals surface area contributed by atoms with E-state index in [4.69, 9.17) is 4.74 Å². The molecule has 6 aliphatic rings. The molecule has 47 heavy (non-hydrogen) atoms. The second-order valence-corrected chi connectivity index (χ2v) is 12.9. The van der Waals surface area contributed by atoms with E-state index in [1.807, 2.05) is 0 Å². The van der Waals surface area contributed by atoms with E-state index in [-0.39, 0.29) is 16.7 Å². The average Bonchev–Trinajstić information content (AvgIpc) is 3.03. The van der Waals surface area contributed by atoms with E-state index >= 15 is 0 Å². The molecule has 6 N–H and O–H groups in total. The summed E-state index contributed by atoms with van der Waals surface area (Å²) in [5, 5.41) is 57.6. The third kappa shape index (κ3) is 6.32. The van der Waals surface area contributed by atoms with Gasteiger partial charge in [0.25, 0.3) is 5.91 Å². The zero-order chi connectivity index (χ0) is 35.2. The number of aromatic hydroxyl groups is 2. The molecule has 0 spiro atoms. The number of benzene rings is 1. The Kier molecular flexibility index (Phi) is 10.1. The molecule has 5 aliphatic heterocycles. The third-order valence-electron chi connectivity index (χ3n) is 9.68. The number of aliphatic hydroxyl groups excluding tert-OH is 3. The van der Waals surface area contributed by atoms with E-state index < -0.39 is 117 Å². The monoisotopic (exact) mass is 651 g/mol. The summed E-state index contributed by atoms with van der Waals surface area (Å²) in [4.78, 5) is 66.9. The average molecular weight is 652 g/mol. The number of Topliss-reactive ketones (excluding diaryl/α,β-unsaturated/α-hetero) is 2. The largest absolute Gasteiger partial charge is 0.507 e. The summed E-state index contributed by atoms with van der Waals surface area (Å²) in [6.45, 7) is 10.6. The molecule has 1 amide bonds. The van der Waals surface area contributed by atoms with Gasteiger partial charge in [-0.2, -0.15) is 0 Å². The summed E-state index contributed by atoms with van der Waals surface area (Å²) in [6, 6.07) is 0. The zero-order valence-electron chi connectivity index (χ0n) is 27.3. The number of ether oxygens (including phenoxy) is 1. The van der Waals surface area contributed by atoms with E-state index in [9.17, 15) is 49.5 Å². The molecule has 12 heteroatoms. The normalized spacial score (nSPS) is 35.3. The molecule has 0 saturated carbocycles. The standard InChI is InChI=1S/C35H41NO11/c1-13-9-8-10-14(2)34(45)36-21-12-22(37)23-24(30(42)17(5)31(43)25(23)32(21)44)27(39)15(3)11-20-29(41)19(7)33(47-35(20)46)18(6)28(40)16(4)26(13)38/h8-13,16,18-20,26,28-29,33,38,40-43H,1-7H3,(H,36,45)/b9-8-,14-10-,15-11-/t13-,16+,18-,19?,20?,26-,28-,29?,33?/m0/s1. The summed E-state index contributed by atoms with van der Waals surface area (Å²) in [5.41, 5.74) is -2.54. The molecule has 1 saturated heterocycles. The number of hydrogen-bond acceptors (Lipinski definition) is 11. The summed E-state index contributed by atoms with van der Waals surface area (Å²) < 4.78 is 5.70. The van der Waals surface area contributed by atoms with Crippen LogP contribution in [0.15, 0.2) is 47.2 Å². The molecule has 4 unspecified atom stereocenters. The molecular weight excluding hydrogens is 610 g/mol. The highest BCUT2D eigenvalue weighted by atomic mass is 16.6.